The number of hydrogen-bond donors (Lipinski definition) is 1. The molecule has 0 aliphatic heterocycles. The number of nitrogens with zero attached hydrogens (tertiary/aromatic N) is 5. The van der Waals surface area contributed by atoms with Crippen LogP contribution in [0, 0.1) is 6.92 Å². The summed E-state index contributed by atoms with van der Waals surface area (Å²) in [7, 11) is 0. The molecular weight excluding hydrogens is 376 g/mol. The molecule has 7 nitrogen and oxygen atoms in total. The largest absolute Gasteiger partial charge is 0.352 e. The van der Waals surface area contributed by atoms with Crippen molar-refractivity contribution in [1.29, 1.82) is 0 Å². The first-order valence-corrected chi connectivity index (χ1v) is 10.5. The number of carbonyl (C=O) groups is 1. The Morgan fingerprint density at radius 2 is 1.93 bits per heavy atom. The molecule has 0 spiro atoms. The van der Waals surface area contributed by atoms with Crippen molar-refractivity contribution in [3.8, 4) is 0 Å². The Labute approximate surface area is 174 Å². The Balaban J connectivity index is 1.46. The highest BCUT2D eigenvalue weighted by atomic mass is 16.1. The van der Waals surface area contributed by atoms with Crippen LogP contribution in [0.1, 0.15) is 53.5 Å². The van der Waals surface area contributed by atoms with E-state index in [9.17, 15) is 4.79 Å². The van der Waals surface area contributed by atoms with Crippen LogP contribution in [0.5, 0.6) is 0 Å². The van der Waals surface area contributed by atoms with Crippen molar-refractivity contribution in [3.05, 3.63) is 59.7 Å². The quantitative estimate of drug-likeness (QED) is 0.551. The lowest BCUT2D eigenvalue weighted by atomic mass is 10.1. The molecule has 1 aliphatic rings. The molecule has 152 valence electrons. The molecule has 1 aromatic carbocycles. The second-order valence-electron chi connectivity index (χ2n) is 7.93. The van der Waals surface area contributed by atoms with E-state index in [-0.39, 0.29) is 5.91 Å². The maximum absolute atomic E-state index is 12.8. The van der Waals surface area contributed by atoms with Crippen molar-refractivity contribution >= 4 is 28.0 Å². The Kier molecular flexibility index (Phi) is 4.86. The first-order valence-electron chi connectivity index (χ1n) is 10.5. The third-order valence-electron chi connectivity index (χ3n) is 5.97. The number of benzene rings is 1. The lowest BCUT2D eigenvalue weighted by molar-refractivity contribution is 0.0954. The number of amides is 1. The lowest BCUT2D eigenvalue weighted by Crippen LogP contribution is -2.25. The average molecular weight is 400 g/mol. The van der Waals surface area contributed by atoms with Crippen LogP contribution in [0.4, 0.5) is 0 Å². The summed E-state index contributed by atoms with van der Waals surface area (Å²) in [6, 6.07) is 9.99. The van der Waals surface area contributed by atoms with Gasteiger partial charge in [-0.1, -0.05) is 12.8 Å². The van der Waals surface area contributed by atoms with E-state index in [1.165, 1.54) is 12.8 Å². The number of aryl methyl sites for hydroxylation is 1. The average Bonchev–Trinajstić information content (AvgIpc) is 3.41. The number of carbonyl (C=O) groups excluding carboxylic acids is 1. The van der Waals surface area contributed by atoms with Crippen LogP contribution >= 0.6 is 0 Å². The van der Waals surface area contributed by atoms with Crippen molar-refractivity contribution in [3.63, 3.8) is 0 Å². The molecular formula is C23H24N6O. The van der Waals surface area contributed by atoms with Gasteiger partial charge in [-0.05, 0) is 62.1 Å². The maximum Gasteiger partial charge on any atom is 0.251 e. The zero-order valence-electron chi connectivity index (χ0n) is 17.0. The summed E-state index contributed by atoms with van der Waals surface area (Å²) in [6.45, 7) is 2.60. The minimum Gasteiger partial charge on any atom is -0.352 e. The van der Waals surface area contributed by atoms with E-state index >= 15 is 0 Å². The molecule has 1 fully saturated rings. The van der Waals surface area contributed by atoms with Gasteiger partial charge in [0.2, 0.25) is 5.65 Å². The molecule has 0 bridgehead atoms. The molecule has 30 heavy (non-hydrogen) atoms. The summed E-state index contributed by atoms with van der Waals surface area (Å²) in [4.78, 5) is 21.5. The maximum atomic E-state index is 12.8. The summed E-state index contributed by atoms with van der Waals surface area (Å²) in [5.74, 6) is 0.880. The van der Waals surface area contributed by atoms with Gasteiger partial charge in [0.1, 0.15) is 5.82 Å². The van der Waals surface area contributed by atoms with Gasteiger partial charge >= 0.3 is 0 Å². The zero-order chi connectivity index (χ0) is 20.5. The smallest absolute Gasteiger partial charge is 0.251 e. The van der Waals surface area contributed by atoms with Gasteiger partial charge < -0.3 is 9.88 Å². The van der Waals surface area contributed by atoms with E-state index in [2.05, 4.69) is 30.0 Å². The fourth-order valence-corrected chi connectivity index (χ4v) is 4.49. The Bertz CT molecular complexity index is 1210. The number of hydrogen-bond acceptors (Lipinski definition) is 5. The van der Waals surface area contributed by atoms with Crippen molar-refractivity contribution in [1.82, 2.24) is 30.0 Å². The topological polar surface area (TPSA) is 85.6 Å². The predicted octanol–water partition coefficient (Wildman–Crippen LogP) is 3.77. The van der Waals surface area contributed by atoms with Crippen LogP contribution in [0.2, 0.25) is 0 Å². The van der Waals surface area contributed by atoms with Crippen LogP contribution in [0.25, 0.3) is 22.1 Å². The van der Waals surface area contributed by atoms with Gasteiger partial charge in [-0.25, -0.2) is 4.98 Å². The first-order chi connectivity index (χ1) is 14.7. The number of rotatable bonds is 5. The van der Waals surface area contributed by atoms with Gasteiger partial charge in [-0.2, -0.15) is 0 Å². The highest BCUT2D eigenvalue weighted by molar-refractivity contribution is 6.05. The molecule has 3 aromatic heterocycles. The van der Waals surface area contributed by atoms with E-state index in [1.807, 2.05) is 37.3 Å². The fraction of sp³-hybridized carbons (Fsp3) is 0.348. The molecule has 3 heterocycles. The van der Waals surface area contributed by atoms with Crippen LogP contribution in [-0.2, 0) is 6.42 Å². The summed E-state index contributed by atoms with van der Waals surface area (Å²) < 4.78 is 2.31. The summed E-state index contributed by atoms with van der Waals surface area (Å²) in [5, 5.41) is 12.6. The summed E-state index contributed by atoms with van der Waals surface area (Å²) in [6.07, 6.45) is 9.10. The standard InChI is InChI=1S/C23H24N6O/c1-15-26-22-21(29(15)18-4-2-3-5-18)19-14-17(6-7-20(19)27-28-22)23(30)25-13-10-16-8-11-24-12-9-16/h6-9,11-12,14,18H,2-5,10,13H2,1H3,(H,25,30). The van der Waals surface area contributed by atoms with Gasteiger partial charge in [0.05, 0.1) is 11.0 Å². The van der Waals surface area contributed by atoms with E-state index < -0.39 is 0 Å². The van der Waals surface area contributed by atoms with Crippen LogP contribution in [0.3, 0.4) is 0 Å². The Morgan fingerprint density at radius 1 is 1.13 bits per heavy atom. The lowest BCUT2D eigenvalue weighted by Gasteiger charge is -2.15. The molecule has 0 atom stereocenters. The zero-order valence-corrected chi connectivity index (χ0v) is 17.0. The number of aromatic nitrogens is 5. The molecule has 7 heteroatoms. The second kappa shape index (κ2) is 7.82. The van der Waals surface area contributed by atoms with E-state index in [0.29, 0.717) is 23.8 Å². The molecule has 0 radical (unpaired) electrons. The van der Waals surface area contributed by atoms with E-state index in [4.69, 9.17) is 0 Å². The first kappa shape index (κ1) is 18.7. The van der Waals surface area contributed by atoms with Crippen molar-refractivity contribution in [2.45, 2.75) is 45.1 Å². The Hall–Kier alpha value is -3.35. The van der Waals surface area contributed by atoms with Gasteiger partial charge in [0, 0.05) is 35.9 Å². The van der Waals surface area contributed by atoms with Crippen LogP contribution in [0.15, 0.2) is 42.7 Å². The monoisotopic (exact) mass is 400 g/mol. The molecule has 0 unspecified atom stereocenters. The minimum absolute atomic E-state index is 0.0837. The number of nitrogens with one attached hydrogen (secondary N) is 1. The normalized spacial score (nSPS) is 14.6. The molecule has 1 aliphatic carbocycles. The van der Waals surface area contributed by atoms with Crippen LogP contribution in [-0.4, -0.2) is 37.2 Å². The predicted molar refractivity (Wildman–Crippen MR) is 115 cm³/mol. The molecule has 1 amide bonds. The molecule has 4 aromatic rings. The SMILES string of the molecule is Cc1nc2nnc3ccc(C(=O)NCCc4ccncc4)cc3c2n1C1CCCC1. The highest BCUT2D eigenvalue weighted by Gasteiger charge is 2.23. The second-order valence-corrected chi connectivity index (χ2v) is 7.93. The summed E-state index contributed by atoms with van der Waals surface area (Å²) >= 11 is 0. The summed E-state index contributed by atoms with van der Waals surface area (Å²) in [5.41, 5.74) is 4.22. The minimum atomic E-state index is -0.0837. The number of fused-ring (bicyclic) bond motifs is 3. The molecule has 1 N–H and O–H groups in total. The van der Waals surface area contributed by atoms with Gasteiger partial charge in [-0.15, -0.1) is 10.2 Å². The van der Waals surface area contributed by atoms with Crippen molar-refractivity contribution < 1.29 is 4.79 Å². The van der Waals surface area contributed by atoms with Gasteiger partial charge in [0.15, 0.2) is 0 Å². The highest BCUT2D eigenvalue weighted by Crippen LogP contribution is 2.35. The fourth-order valence-electron chi connectivity index (χ4n) is 4.49. The van der Waals surface area contributed by atoms with Crippen LogP contribution < -0.4 is 5.32 Å². The van der Waals surface area contributed by atoms with Gasteiger partial charge in [-0.3, -0.25) is 9.78 Å². The number of pyridine rings is 1. The van der Waals surface area contributed by atoms with Crippen molar-refractivity contribution in [2.75, 3.05) is 6.54 Å². The van der Waals surface area contributed by atoms with E-state index in [0.717, 1.165) is 47.1 Å². The molecule has 5 rings (SSSR count). The Morgan fingerprint density at radius 3 is 2.73 bits per heavy atom. The number of imidazole rings is 1. The molecule has 1 saturated carbocycles. The van der Waals surface area contributed by atoms with E-state index in [1.54, 1.807) is 12.4 Å². The van der Waals surface area contributed by atoms with Crippen molar-refractivity contribution in [2.24, 2.45) is 0 Å². The third kappa shape index (κ3) is 3.40. The third-order valence-corrected chi connectivity index (χ3v) is 5.97. The molecule has 0 saturated heterocycles. The van der Waals surface area contributed by atoms with Gasteiger partial charge in [0.25, 0.3) is 5.91 Å².